The minimum absolute atomic E-state index is 0.0400. The van der Waals surface area contributed by atoms with Gasteiger partial charge in [-0.2, -0.15) is 0 Å². The minimum atomic E-state index is -2.67. The van der Waals surface area contributed by atoms with Crippen molar-refractivity contribution in [3.8, 4) is 16.9 Å². The van der Waals surface area contributed by atoms with Gasteiger partial charge in [-0.25, -0.2) is 0 Å². The van der Waals surface area contributed by atoms with E-state index < -0.39 is 58.0 Å². The van der Waals surface area contributed by atoms with E-state index in [0.29, 0.717) is 11.1 Å². The van der Waals surface area contributed by atoms with Crippen molar-refractivity contribution in [2.24, 2.45) is 17.6 Å². The van der Waals surface area contributed by atoms with Crippen LogP contribution in [0.4, 0.5) is 5.69 Å². The highest BCUT2D eigenvalue weighted by Gasteiger charge is 2.64. The summed E-state index contributed by atoms with van der Waals surface area (Å²) in [7, 11) is 6.83. The number of likely N-dealkylation sites (N-methyl/N-ethyl adjacent to an activating group) is 1. The van der Waals surface area contributed by atoms with Crippen molar-refractivity contribution < 1.29 is 34.8 Å². The maximum absolute atomic E-state index is 14.1. The van der Waals surface area contributed by atoms with Gasteiger partial charge in [0.15, 0.2) is 11.4 Å². The van der Waals surface area contributed by atoms with Crippen molar-refractivity contribution >= 4 is 28.9 Å². The SMILES string of the molecule is Cc1ccc(-c2cc(N(C)C)c3c(c2O)C(O)=C2C(=O)[C@]4(O)C(O)=C(C(N)=O)C(=O)[C@@H](N(C)C)[C@@H]4C[C@@H]2C3)cc1C. The largest absolute Gasteiger partial charge is 0.508 e. The molecule has 4 atom stereocenters. The first kappa shape index (κ1) is 28.4. The monoisotopic (exact) mass is 561 g/mol. The summed E-state index contributed by atoms with van der Waals surface area (Å²) in [4.78, 5) is 42.9. The number of phenols is 1. The third-order valence-corrected chi connectivity index (χ3v) is 9.00. The van der Waals surface area contributed by atoms with E-state index in [1.54, 1.807) is 14.1 Å². The van der Waals surface area contributed by atoms with E-state index in [-0.39, 0.29) is 29.7 Å². The van der Waals surface area contributed by atoms with Gasteiger partial charge in [-0.15, -0.1) is 0 Å². The van der Waals surface area contributed by atoms with E-state index in [9.17, 15) is 34.8 Å². The van der Waals surface area contributed by atoms with Crippen molar-refractivity contribution in [3.05, 3.63) is 63.4 Å². The van der Waals surface area contributed by atoms with Crippen LogP contribution < -0.4 is 10.6 Å². The molecule has 1 saturated carbocycles. The molecule has 2 aromatic rings. The molecule has 0 bridgehead atoms. The van der Waals surface area contributed by atoms with E-state index in [2.05, 4.69) is 0 Å². The number of aryl methyl sites for hydroxylation is 2. The van der Waals surface area contributed by atoms with E-state index in [1.807, 2.05) is 57.1 Å². The first-order valence-corrected chi connectivity index (χ1v) is 13.4. The lowest BCUT2D eigenvalue weighted by molar-refractivity contribution is -0.153. The highest BCUT2D eigenvalue weighted by molar-refractivity contribution is 6.24. The third-order valence-electron chi connectivity index (χ3n) is 9.00. The molecule has 10 heteroatoms. The average molecular weight is 562 g/mol. The Morgan fingerprint density at radius 2 is 1.68 bits per heavy atom. The number of carbonyl (C=O) groups is 3. The molecular formula is C31H35N3O7. The van der Waals surface area contributed by atoms with Crippen LogP contribution in [-0.2, 0) is 20.8 Å². The Kier molecular flexibility index (Phi) is 6.55. The van der Waals surface area contributed by atoms with E-state index in [4.69, 9.17) is 5.73 Å². The van der Waals surface area contributed by atoms with Crippen LogP contribution >= 0.6 is 0 Å². The number of aliphatic hydroxyl groups is 3. The van der Waals surface area contributed by atoms with Gasteiger partial charge in [0.2, 0.25) is 5.78 Å². The number of anilines is 1. The standard InChI is InChI=1S/C31H35N3O7/c1-13-7-8-15(9-14(13)2)17-12-20(33(3)4)18-10-16-11-19-24(34(5)6)27(37)23(30(32)40)29(39)31(19,41)28(38)21(16)26(36)22(18)25(17)35/h7-9,12,16,19,24,35-36,39,41H,10-11H2,1-6H3,(H2,32,40)/t16-,19-,24-,31-/m0/s1. The molecule has 10 nitrogen and oxygen atoms in total. The lowest BCUT2D eigenvalue weighted by Crippen LogP contribution is -2.65. The second-order valence-electron chi connectivity index (χ2n) is 11.8. The number of nitrogens with zero attached hydrogens (tertiary/aromatic N) is 2. The molecule has 6 N–H and O–H groups in total. The van der Waals surface area contributed by atoms with Gasteiger partial charge in [0, 0.05) is 36.8 Å². The number of aromatic hydroxyl groups is 1. The van der Waals surface area contributed by atoms with E-state index in [1.165, 1.54) is 4.90 Å². The van der Waals surface area contributed by atoms with Crippen LogP contribution in [0.3, 0.4) is 0 Å². The number of aliphatic hydroxyl groups excluding tert-OH is 2. The molecule has 3 aliphatic carbocycles. The molecule has 0 spiro atoms. The maximum atomic E-state index is 14.1. The lowest BCUT2D eigenvalue weighted by Gasteiger charge is -2.50. The molecule has 0 aromatic heterocycles. The lowest BCUT2D eigenvalue weighted by atomic mass is 9.57. The Morgan fingerprint density at radius 1 is 1.02 bits per heavy atom. The van der Waals surface area contributed by atoms with Crippen molar-refractivity contribution in [3.63, 3.8) is 0 Å². The molecule has 1 amide bonds. The summed E-state index contributed by atoms with van der Waals surface area (Å²) in [6.45, 7) is 3.94. The zero-order valence-corrected chi connectivity index (χ0v) is 23.9. The quantitative estimate of drug-likeness (QED) is 0.352. The van der Waals surface area contributed by atoms with Crippen molar-refractivity contribution in [2.75, 3.05) is 33.1 Å². The molecule has 3 aliphatic rings. The summed E-state index contributed by atoms with van der Waals surface area (Å²) in [5.74, 6) is -6.65. The van der Waals surface area contributed by atoms with Crippen molar-refractivity contribution in [2.45, 2.75) is 38.3 Å². The smallest absolute Gasteiger partial charge is 0.255 e. The summed E-state index contributed by atoms with van der Waals surface area (Å²) in [6, 6.07) is 6.45. The third kappa shape index (κ3) is 3.88. The summed E-state index contributed by atoms with van der Waals surface area (Å²) in [5.41, 5.74) is 6.40. The number of phenolic OH excluding ortho intramolecular Hbond substituents is 1. The molecule has 0 unspecified atom stereocenters. The number of fused-ring (bicyclic) bond motifs is 3. The second-order valence-corrected chi connectivity index (χ2v) is 11.8. The number of ketones is 2. The van der Waals surface area contributed by atoms with Gasteiger partial charge in [0.1, 0.15) is 22.8 Å². The van der Waals surface area contributed by atoms with E-state index >= 15 is 0 Å². The van der Waals surface area contributed by atoms with Gasteiger partial charge in [0.25, 0.3) is 5.91 Å². The van der Waals surface area contributed by atoms with Crippen LogP contribution in [0.25, 0.3) is 16.9 Å². The number of hydrogen-bond donors (Lipinski definition) is 5. The highest BCUT2D eigenvalue weighted by atomic mass is 16.3. The Morgan fingerprint density at radius 3 is 2.24 bits per heavy atom. The molecule has 0 saturated heterocycles. The number of Topliss-reactive ketones (excluding diaryl/α,β-unsaturated/α-hetero) is 2. The number of rotatable bonds is 4. The molecule has 0 heterocycles. The van der Waals surface area contributed by atoms with Crippen molar-refractivity contribution in [1.29, 1.82) is 0 Å². The Balaban J connectivity index is 1.78. The topological polar surface area (TPSA) is 165 Å². The fourth-order valence-electron chi connectivity index (χ4n) is 6.82. The first-order valence-electron chi connectivity index (χ1n) is 13.4. The van der Waals surface area contributed by atoms with Gasteiger partial charge in [-0.05, 0) is 75.0 Å². The number of nitrogens with two attached hydrogens (primary N) is 1. The number of carbonyl (C=O) groups excluding carboxylic acids is 3. The molecule has 0 aliphatic heterocycles. The molecule has 216 valence electrons. The fourth-order valence-corrected chi connectivity index (χ4v) is 6.82. The Hall–Kier alpha value is -4.15. The van der Waals surface area contributed by atoms with Crippen LogP contribution in [0.5, 0.6) is 5.75 Å². The van der Waals surface area contributed by atoms with Gasteiger partial charge in [0.05, 0.1) is 11.6 Å². The predicted octanol–water partition coefficient (Wildman–Crippen LogP) is 2.31. The second kappa shape index (κ2) is 9.46. The highest BCUT2D eigenvalue weighted by Crippen LogP contribution is 2.55. The number of primary amides is 1. The van der Waals surface area contributed by atoms with Gasteiger partial charge in [-0.3, -0.25) is 19.3 Å². The Bertz CT molecular complexity index is 1600. The number of benzene rings is 2. The van der Waals surface area contributed by atoms with Crippen LogP contribution in [0.2, 0.25) is 0 Å². The maximum Gasteiger partial charge on any atom is 0.255 e. The average Bonchev–Trinajstić information content (AvgIpc) is 2.87. The normalized spacial score (nSPS) is 25.7. The summed E-state index contributed by atoms with van der Waals surface area (Å²) >= 11 is 0. The summed E-state index contributed by atoms with van der Waals surface area (Å²) in [6.07, 6.45) is 0.265. The van der Waals surface area contributed by atoms with E-state index in [0.717, 1.165) is 22.4 Å². The molecule has 1 fully saturated rings. The minimum Gasteiger partial charge on any atom is -0.508 e. The van der Waals surface area contributed by atoms with Crippen LogP contribution in [0, 0.1) is 25.7 Å². The molecule has 2 aromatic carbocycles. The van der Waals surface area contributed by atoms with Gasteiger partial charge >= 0.3 is 0 Å². The fraction of sp³-hybridized carbons (Fsp3) is 0.387. The van der Waals surface area contributed by atoms with Crippen LogP contribution in [0.1, 0.15) is 28.7 Å². The number of amides is 1. The van der Waals surface area contributed by atoms with Crippen LogP contribution in [-0.4, -0.2) is 82.6 Å². The molecule has 41 heavy (non-hydrogen) atoms. The molecule has 5 rings (SSSR count). The summed E-state index contributed by atoms with van der Waals surface area (Å²) < 4.78 is 0. The van der Waals surface area contributed by atoms with Crippen LogP contribution in [0.15, 0.2) is 41.2 Å². The summed E-state index contributed by atoms with van der Waals surface area (Å²) in [5, 5.41) is 46.1. The molecule has 0 radical (unpaired) electrons. The zero-order chi connectivity index (χ0) is 30.3. The van der Waals surface area contributed by atoms with Gasteiger partial charge < -0.3 is 31.1 Å². The molecular weight excluding hydrogens is 526 g/mol. The Labute approximate surface area is 238 Å². The number of hydrogen-bond acceptors (Lipinski definition) is 9. The van der Waals surface area contributed by atoms with Gasteiger partial charge in [-0.1, -0.05) is 18.2 Å². The predicted molar refractivity (Wildman–Crippen MR) is 153 cm³/mol. The zero-order valence-electron chi connectivity index (χ0n) is 23.9. The first-order chi connectivity index (χ1) is 19.1. The van der Waals surface area contributed by atoms with Crippen molar-refractivity contribution in [1.82, 2.24) is 4.90 Å².